The molecule has 2 aliphatic rings. The average molecular weight is 271 g/mol. The molecule has 0 aliphatic heterocycles. The maximum atomic E-state index is 11.7. The van der Waals surface area contributed by atoms with Crippen molar-refractivity contribution in [2.24, 2.45) is 17.3 Å². The highest BCUT2D eigenvalue weighted by Crippen LogP contribution is 2.57. The number of Topliss-reactive ketones (excluding diaryl/α,β-unsaturated/α-hetero) is 1. The fourth-order valence-electron chi connectivity index (χ4n) is 3.84. The van der Waals surface area contributed by atoms with Crippen molar-refractivity contribution in [3.05, 3.63) is 10.6 Å². The summed E-state index contributed by atoms with van der Waals surface area (Å²) >= 11 is 3.48. The van der Waals surface area contributed by atoms with Crippen LogP contribution in [0.5, 0.6) is 0 Å². The van der Waals surface area contributed by atoms with Gasteiger partial charge in [-0.1, -0.05) is 28.4 Å². The molecule has 2 rings (SSSR count). The minimum absolute atomic E-state index is 0.254. The van der Waals surface area contributed by atoms with E-state index < -0.39 is 0 Å². The molecule has 0 N–H and O–H groups in total. The monoisotopic (exact) mass is 270 g/mol. The third-order valence-electron chi connectivity index (χ3n) is 4.60. The zero-order chi connectivity index (χ0) is 11.1. The van der Waals surface area contributed by atoms with E-state index in [1.165, 1.54) is 31.3 Å². The topological polar surface area (TPSA) is 17.1 Å². The third-order valence-corrected chi connectivity index (χ3v) is 5.18. The zero-order valence-electron chi connectivity index (χ0n) is 9.55. The number of hydrogen-bond acceptors (Lipinski definition) is 1. The molecule has 2 fully saturated rings. The molecule has 0 aromatic heterocycles. The highest BCUT2D eigenvalue weighted by atomic mass is 79.9. The zero-order valence-corrected chi connectivity index (χ0v) is 11.1. The molecule has 2 aliphatic carbocycles. The smallest absolute Gasteiger partial charge is 0.133 e. The second kappa shape index (κ2) is 4.04. The van der Waals surface area contributed by atoms with Crippen LogP contribution in [0.3, 0.4) is 0 Å². The van der Waals surface area contributed by atoms with Gasteiger partial charge in [-0.25, -0.2) is 0 Å². The lowest BCUT2D eigenvalue weighted by molar-refractivity contribution is -0.124. The number of ketones is 1. The molecule has 0 amide bonds. The van der Waals surface area contributed by atoms with Gasteiger partial charge in [-0.15, -0.1) is 0 Å². The Morgan fingerprint density at radius 3 is 2.87 bits per heavy atom. The second-order valence-corrected chi connectivity index (χ2v) is 5.79. The number of fused-ring (bicyclic) bond motifs is 1. The van der Waals surface area contributed by atoms with E-state index in [2.05, 4.69) is 27.8 Å². The Balaban J connectivity index is 2.31. The Bertz CT molecular complexity index is 308. The van der Waals surface area contributed by atoms with Crippen LogP contribution in [-0.2, 0) is 4.79 Å². The highest BCUT2D eigenvalue weighted by molar-refractivity contribution is 9.11. The normalized spacial score (nSPS) is 43.0. The summed E-state index contributed by atoms with van der Waals surface area (Å²) in [6.07, 6.45) is 6.00. The summed E-state index contributed by atoms with van der Waals surface area (Å²) in [5.74, 6) is 1.36. The quantitative estimate of drug-likeness (QED) is 0.702. The van der Waals surface area contributed by atoms with E-state index in [9.17, 15) is 4.79 Å². The van der Waals surface area contributed by atoms with Gasteiger partial charge < -0.3 is 0 Å². The van der Waals surface area contributed by atoms with Crippen LogP contribution >= 0.6 is 15.9 Å². The maximum absolute atomic E-state index is 11.7. The van der Waals surface area contributed by atoms with Crippen molar-refractivity contribution in [3.63, 3.8) is 0 Å². The summed E-state index contributed by atoms with van der Waals surface area (Å²) in [6, 6.07) is 0. The standard InChI is InChI=1S/C13H19BrO/c1-9(15)11-5-6-12-10(8-14)4-3-7-13(11,12)2/h8,11-12H,3-7H2,1-2H3/b10-8+/t11-,12?,13-/m1/s1. The van der Waals surface area contributed by atoms with Crippen molar-refractivity contribution in [1.29, 1.82) is 0 Å². The Labute approximate surface area is 100 Å². The van der Waals surface area contributed by atoms with Gasteiger partial charge in [0.2, 0.25) is 0 Å². The predicted octanol–water partition coefficient (Wildman–Crippen LogP) is 4.07. The van der Waals surface area contributed by atoms with E-state index in [0.29, 0.717) is 17.6 Å². The second-order valence-electron chi connectivity index (χ2n) is 5.34. The largest absolute Gasteiger partial charge is 0.300 e. The minimum Gasteiger partial charge on any atom is -0.300 e. The van der Waals surface area contributed by atoms with Crippen molar-refractivity contribution < 1.29 is 4.79 Å². The van der Waals surface area contributed by atoms with E-state index >= 15 is 0 Å². The lowest BCUT2D eigenvalue weighted by Gasteiger charge is -2.41. The molecule has 0 aromatic rings. The van der Waals surface area contributed by atoms with Crippen molar-refractivity contribution in [1.82, 2.24) is 0 Å². The van der Waals surface area contributed by atoms with Gasteiger partial charge in [0.15, 0.2) is 0 Å². The lowest BCUT2D eigenvalue weighted by Crippen LogP contribution is -2.35. The molecule has 15 heavy (non-hydrogen) atoms. The molecule has 2 saturated carbocycles. The summed E-state index contributed by atoms with van der Waals surface area (Å²) in [5, 5.41) is 0. The number of hydrogen-bond donors (Lipinski definition) is 0. The Hall–Kier alpha value is -0.110. The predicted molar refractivity (Wildman–Crippen MR) is 65.9 cm³/mol. The summed E-state index contributed by atoms with van der Waals surface area (Å²) in [6.45, 7) is 4.09. The molecule has 0 aromatic carbocycles. The molecule has 84 valence electrons. The highest BCUT2D eigenvalue weighted by Gasteiger charge is 2.50. The van der Waals surface area contributed by atoms with Crippen LogP contribution in [0.1, 0.15) is 46.0 Å². The number of rotatable bonds is 1. The van der Waals surface area contributed by atoms with Crippen LogP contribution in [-0.4, -0.2) is 5.78 Å². The third kappa shape index (κ3) is 1.71. The van der Waals surface area contributed by atoms with Gasteiger partial charge >= 0.3 is 0 Å². The number of carbonyl (C=O) groups is 1. The van der Waals surface area contributed by atoms with Crippen molar-refractivity contribution in [3.8, 4) is 0 Å². The summed E-state index contributed by atoms with van der Waals surface area (Å²) in [7, 11) is 0. The van der Waals surface area contributed by atoms with Gasteiger partial charge in [0, 0.05) is 5.92 Å². The van der Waals surface area contributed by atoms with Crippen LogP contribution in [0.4, 0.5) is 0 Å². The van der Waals surface area contributed by atoms with E-state index in [4.69, 9.17) is 0 Å². The van der Waals surface area contributed by atoms with Gasteiger partial charge in [-0.3, -0.25) is 4.79 Å². The fourth-order valence-corrected chi connectivity index (χ4v) is 4.39. The summed E-state index contributed by atoms with van der Waals surface area (Å²) in [5.41, 5.74) is 1.79. The summed E-state index contributed by atoms with van der Waals surface area (Å²) < 4.78 is 0. The number of allylic oxidation sites excluding steroid dienone is 1. The molecule has 1 unspecified atom stereocenters. The Kier molecular flexibility index (Phi) is 3.07. The van der Waals surface area contributed by atoms with Crippen molar-refractivity contribution >= 4 is 21.7 Å². The van der Waals surface area contributed by atoms with Gasteiger partial charge in [0.25, 0.3) is 0 Å². The van der Waals surface area contributed by atoms with Gasteiger partial charge in [-0.05, 0) is 55.3 Å². The fraction of sp³-hybridized carbons (Fsp3) is 0.769. The SMILES string of the molecule is CC(=O)[C@H]1CCC2/C(=C/Br)CCC[C@@]21C. The van der Waals surface area contributed by atoms with Crippen molar-refractivity contribution in [2.75, 3.05) is 0 Å². The number of carbonyl (C=O) groups excluding carboxylic acids is 1. The first kappa shape index (κ1) is 11.4. The molecular formula is C13H19BrO. The van der Waals surface area contributed by atoms with E-state index in [-0.39, 0.29) is 5.41 Å². The molecule has 2 heteroatoms. The van der Waals surface area contributed by atoms with Crippen LogP contribution in [0.15, 0.2) is 10.6 Å². The first-order valence-corrected chi connectivity index (χ1v) is 6.80. The molecule has 1 nitrogen and oxygen atoms in total. The van der Waals surface area contributed by atoms with Crippen LogP contribution in [0.2, 0.25) is 0 Å². The van der Waals surface area contributed by atoms with Gasteiger partial charge in [0.1, 0.15) is 5.78 Å². The van der Waals surface area contributed by atoms with Crippen molar-refractivity contribution in [2.45, 2.75) is 46.0 Å². The first-order valence-electron chi connectivity index (χ1n) is 5.89. The van der Waals surface area contributed by atoms with Crippen LogP contribution in [0.25, 0.3) is 0 Å². The molecule has 0 saturated heterocycles. The minimum atomic E-state index is 0.254. The van der Waals surface area contributed by atoms with Crippen LogP contribution < -0.4 is 0 Å². The van der Waals surface area contributed by atoms with E-state index in [1.54, 1.807) is 6.92 Å². The molecule has 0 spiro atoms. The summed E-state index contributed by atoms with van der Waals surface area (Å²) in [4.78, 5) is 13.8. The first-order chi connectivity index (χ1) is 7.09. The van der Waals surface area contributed by atoms with E-state index in [0.717, 1.165) is 6.42 Å². The lowest BCUT2D eigenvalue weighted by atomic mass is 9.63. The molecular weight excluding hydrogens is 252 g/mol. The number of halogens is 1. The van der Waals surface area contributed by atoms with Crippen LogP contribution in [0, 0.1) is 17.3 Å². The molecule has 0 bridgehead atoms. The van der Waals surface area contributed by atoms with Gasteiger partial charge in [-0.2, -0.15) is 0 Å². The van der Waals surface area contributed by atoms with Gasteiger partial charge in [0.05, 0.1) is 0 Å². The maximum Gasteiger partial charge on any atom is 0.133 e. The van der Waals surface area contributed by atoms with E-state index in [1.807, 2.05) is 0 Å². The Morgan fingerprint density at radius 1 is 1.53 bits per heavy atom. The molecule has 0 radical (unpaired) electrons. The molecule has 3 atom stereocenters. The average Bonchev–Trinajstić information content (AvgIpc) is 2.54. The Morgan fingerprint density at radius 2 is 2.27 bits per heavy atom. The molecule has 0 heterocycles.